The molecule has 1 aromatic heterocycles. The molecule has 1 amide bonds. The van der Waals surface area contributed by atoms with Crippen molar-refractivity contribution in [3.63, 3.8) is 0 Å². The molecule has 0 aliphatic heterocycles. The molecule has 1 heterocycles. The lowest BCUT2D eigenvalue weighted by Gasteiger charge is -2.23. The summed E-state index contributed by atoms with van der Waals surface area (Å²) in [6, 6.07) is 3.85. The van der Waals surface area contributed by atoms with Gasteiger partial charge in [-0.2, -0.15) is 0 Å². The number of carbonyl (C=O) groups is 1. The molecule has 0 aliphatic carbocycles. The van der Waals surface area contributed by atoms with E-state index in [4.69, 9.17) is 11.5 Å². The third kappa shape index (κ3) is 4.65. The monoisotopic (exact) mass is 317 g/mol. The number of nitrogens with zero attached hydrogens (tertiary/aromatic N) is 1. The van der Waals surface area contributed by atoms with E-state index >= 15 is 0 Å². The number of amides is 1. The van der Waals surface area contributed by atoms with E-state index in [1.165, 1.54) is 0 Å². The Hall–Kier alpha value is -0.590. The normalized spacial score (nSPS) is 16.2. The topological polar surface area (TPSA) is 82.0 Å². The predicted octanol–water partition coefficient (Wildman–Crippen LogP) is 1.92. The summed E-state index contributed by atoms with van der Waals surface area (Å²) in [5.74, 6) is -0.478. The minimum absolute atomic E-state index is 0.172. The Morgan fingerprint density at radius 1 is 1.65 bits per heavy atom. The number of primary amides is 1. The van der Waals surface area contributed by atoms with Crippen molar-refractivity contribution in [2.75, 3.05) is 0 Å². The van der Waals surface area contributed by atoms with Crippen LogP contribution in [0.1, 0.15) is 20.3 Å². The number of pyridine rings is 1. The quantitative estimate of drug-likeness (QED) is 0.813. The number of hydrogen-bond donors (Lipinski definition) is 2. The van der Waals surface area contributed by atoms with Crippen molar-refractivity contribution in [3.05, 3.63) is 22.8 Å². The van der Waals surface area contributed by atoms with E-state index in [0.717, 1.165) is 9.50 Å². The van der Waals surface area contributed by atoms with E-state index in [0.29, 0.717) is 6.42 Å². The van der Waals surface area contributed by atoms with Crippen LogP contribution in [-0.4, -0.2) is 21.7 Å². The molecular formula is C11H16BrN3OS. The molecule has 1 aromatic rings. The van der Waals surface area contributed by atoms with Crippen molar-refractivity contribution >= 4 is 33.6 Å². The van der Waals surface area contributed by atoms with Gasteiger partial charge in [0.05, 0.1) is 10.6 Å². The molecule has 94 valence electrons. The summed E-state index contributed by atoms with van der Waals surface area (Å²) in [4.78, 5) is 15.4. The van der Waals surface area contributed by atoms with Crippen LogP contribution in [0.4, 0.5) is 0 Å². The second-order valence-corrected chi connectivity index (χ2v) is 6.60. The molecule has 2 unspecified atom stereocenters. The molecule has 0 saturated heterocycles. The van der Waals surface area contributed by atoms with Crippen molar-refractivity contribution in [2.24, 2.45) is 11.5 Å². The molecule has 17 heavy (non-hydrogen) atoms. The van der Waals surface area contributed by atoms with Gasteiger partial charge in [0.1, 0.15) is 0 Å². The van der Waals surface area contributed by atoms with Gasteiger partial charge in [0.25, 0.3) is 0 Å². The standard InChI is InChI=1S/C11H16BrN3OS/c1-7(5-11(2,14)10(13)16)17-9-4-3-8(12)6-15-9/h3-4,6-7H,5,14H2,1-2H3,(H2,13,16). The fourth-order valence-corrected chi connectivity index (χ4v) is 2.71. The number of halogens is 1. The zero-order valence-corrected chi connectivity index (χ0v) is 12.2. The summed E-state index contributed by atoms with van der Waals surface area (Å²) in [6.45, 7) is 3.66. The van der Waals surface area contributed by atoms with Crippen molar-refractivity contribution in [1.29, 1.82) is 0 Å². The van der Waals surface area contributed by atoms with Gasteiger partial charge in [0.2, 0.25) is 5.91 Å². The SMILES string of the molecule is CC(CC(C)(N)C(N)=O)Sc1ccc(Br)cn1. The van der Waals surface area contributed by atoms with Gasteiger partial charge in [0, 0.05) is 15.9 Å². The first-order valence-electron chi connectivity index (χ1n) is 5.18. The van der Waals surface area contributed by atoms with Crippen LogP contribution >= 0.6 is 27.7 Å². The molecule has 0 spiro atoms. The Balaban J connectivity index is 2.58. The molecule has 4 N–H and O–H groups in total. The maximum absolute atomic E-state index is 11.1. The molecule has 1 rings (SSSR count). The van der Waals surface area contributed by atoms with Gasteiger partial charge in [-0.1, -0.05) is 6.92 Å². The Morgan fingerprint density at radius 3 is 2.76 bits per heavy atom. The van der Waals surface area contributed by atoms with Crippen LogP contribution in [0.2, 0.25) is 0 Å². The molecule has 0 aromatic carbocycles. The lowest BCUT2D eigenvalue weighted by Crippen LogP contribution is -2.50. The molecule has 6 heteroatoms. The highest BCUT2D eigenvalue weighted by atomic mass is 79.9. The van der Waals surface area contributed by atoms with Crippen molar-refractivity contribution < 1.29 is 4.79 Å². The number of carbonyl (C=O) groups excluding carboxylic acids is 1. The van der Waals surface area contributed by atoms with Gasteiger partial charge in [-0.05, 0) is 41.4 Å². The van der Waals surface area contributed by atoms with Crippen molar-refractivity contribution in [2.45, 2.75) is 36.1 Å². The molecule has 0 saturated carbocycles. The average molecular weight is 318 g/mol. The molecule has 0 bridgehead atoms. The van der Waals surface area contributed by atoms with Gasteiger partial charge < -0.3 is 11.5 Å². The fourth-order valence-electron chi connectivity index (χ4n) is 1.38. The minimum Gasteiger partial charge on any atom is -0.368 e. The van der Waals surface area contributed by atoms with E-state index in [1.807, 2.05) is 19.1 Å². The smallest absolute Gasteiger partial charge is 0.237 e. The van der Waals surface area contributed by atoms with E-state index in [-0.39, 0.29) is 5.25 Å². The van der Waals surface area contributed by atoms with E-state index in [1.54, 1.807) is 24.9 Å². The van der Waals surface area contributed by atoms with Crippen LogP contribution in [0.3, 0.4) is 0 Å². The van der Waals surface area contributed by atoms with Gasteiger partial charge in [-0.15, -0.1) is 11.8 Å². The Morgan fingerprint density at radius 2 is 2.29 bits per heavy atom. The van der Waals surface area contributed by atoms with E-state index in [9.17, 15) is 4.79 Å². The molecular weight excluding hydrogens is 302 g/mol. The molecule has 0 fully saturated rings. The number of hydrogen-bond acceptors (Lipinski definition) is 4. The Bertz CT molecular complexity index is 394. The van der Waals surface area contributed by atoms with Crippen LogP contribution in [-0.2, 0) is 4.79 Å². The largest absolute Gasteiger partial charge is 0.368 e. The first-order chi connectivity index (χ1) is 7.81. The van der Waals surface area contributed by atoms with Crippen LogP contribution in [0, 0.1) is 0 Å². The minimum atomic E-state index is -0.970. The third-order valence-electron chi connectivity index (χ3n) is 2.30. The highest BCUT2D eigenvalue weighted by molar-refractivity contribution is 9.10. The number of rotatable bonds is 5. The summed E-state index contributed by atoms with van der Waals surface area (Å²) in [6.07, 6.45) is 2.26. The predicted molar refractivity (Wildman–Crippen MR) is 73.7 cm³/mol. The van der Waals surface area contributed by atoms with Crippen molar-refractivity contribution in [1.82, 2.24) is 4.98 Å². The van der Waals surface area contributed by atoms with Gasteiger partial charge in [0.15, 0.2) is 0 Å². The Kier molecular flexibility index (Phi) is 4.97. The zero-order valence-electron chi connectivity index (χ0n) is 9.81. The van der Waals surface area contributed by atoms with Crippen molar-refractivity contribution in [3.8, 4) is 0 Å². The highest BCUT2D eigenvalue weighted by Crippen LogP contribution is 2.27. The Labute approximate surface area is 114 Å². The second kappa shape index (κ2) is 5.84. The second-order valence-electron chi connectivity index (χ2n) is 4.23. The summed E-state index contributed by atoms with van der Waals surface area (Å²) < 4.78 is 0.940. The van der Waals surface area contributed by atoms with Gasteiger partial charge in [-0.3, -0.25) is 4.79 Å². The molecule has 0 aliphatic rings. The first-order valence-corrected chi connectivity index (χ1v) is 6.85. The van der Waals surface area contributed by atoms with Crippen LogP contribution in [0.15, 0.2) is 27.8 Å². The molecule has 4 nitrogen and oxygen atoms in total. The lowest BCUT2D eigenvalue weighted by atomic mass is 9.97. The summed E-state index contributed by atoms with van der Waals surface area (Å²) in [5, 5.41) is 1.08. The van der Waals surface area contributed by atoms with E-state index < -0.39 is 11.4 Å². The maximum Gasteiger partial charge on any atom is 0.237 e. The zero-order chi connectivity index (χ0) is 13.1. The van der Waals surface area contributed by atoms with E-state index in [2.05, 4.69) is 20.9 Å². The van der Waals surface area contributed by atoms with Crippen LogP contribution in [0.25, 0.3) is 0 Å². The summed E-state index contributed by atoms with van der Waals surface area (Å²) in [7, 11) is 0. The van der Waals surface area contributed by atoms with Gasteiger partial charge >= 0.3 is 0 Å². The fraction of sp³-hybridized carbons (Fsp3) is 0.455. The first kappa shape index (κ1) is 14.5. The van der Waals surface area contributed by atoms with Gasteiger partial charge in [-0.25, -0.2) is 4.98 Å². The third-order valence-corrected chi connectivity index (χ3v) is 3.82. The molecule has 2 atom stereocenters. The summed E-state index contributed by atoms with van der Waals surface area (Å²) in [5.41, 5.74) is 10.1. The number of aromatic nitrogens is 1. The maximum atomic E-state index is 11.1. The molecule has 0 radical (unpaired) electrons. The highest BCUT2D eigenvalue weighted by Gasteiger charge is 2.28. The lowest BCUT2D eigenvalue weighted by molar-refractivity contribution is -0.122. The average Bonchev–Trinajstić information content (AvgIpc) is 2.20. The number of nitrogens with two attached hydrogens (primary N) is 2. The summed E-state index contributed by atoms with van der Waals surface area (Å²) >= 11 is 4.90. The van der Waals surface area contributed by atoms with Crippen LogP contribution in [0.5, 0.6) is 0 Å². The number of thioether (sulfide) groups is 1. The van der Waals surface area contributed by atoms with Crippen LogP contribution < -0.4 is 11.5 Å².